The Hall–Kier alpha value is -1.30. The van der Waals surface area contributed by atoms with Crippen LogP contribution in [-0.4, -0.2) is 21.5 Å². The van der Waals surface area contributed by atoms with Crippen LogP contribution in [0.3, 0.4) is 0 Å². The van der Waals surface area contributed by atoms with Gasteiger partial charge in [-0.3, -0.25) is 0 Å². The smallest absolute Gasteiger partial charge is 0.174 e. The number of hydrogen-bond acceptors (Lipinski definition) is 2. The molecule has 0 unspecified atom stereocenters. The minimum absolute atomic E-state index is 0.180. The molecule has 0 radical (unpaired) electrons. The SMILES string of the molecule is S=C1N[C@H](c2cccc(Br)c2)C2=C(CCSC2)N1Cc1ccccc1. The molecule has 0 amide bonds. The molecule has 0 aromatic heterocycles. The number of thioether (sulfide) groups is 1. The lowest BCUT2D eigenvalue weighted by atomic mass is 9.94. The van der Waals surface area contributed by atoms with E-state index in [0.29, 0.717) is 0 Å². The monoisotopic (exact) mass is 430 g/mol. The van der Waals surface area contributed by atoms with E-state index >= 15 is 0 Å². The van der Waals surface area contributed by atoms with Crippen LogP contribution in [-0.2, 0) is 6.54 Å². The van der Waals surface area contributed by atoms with Gasteiger partial charge in [0.05, 0.1) is 6.04 Å². The number of halogens is 1. The Kier molecular flexibility index (Phi) is 5.15. The van der Waals surface area contributed by atoms with Crippen LogP contribution in [0.5, 0.6) is 0 Å². The summed E-state index contributed by atoms with van der Waals surface area (Å²) >= 11 is 11.4. The molecule has 5 heteroatoms. The predicted molar refractivity (Wildman–Crippen MR) is 114 cm³/mol. The summed E-state index contributed by atoms with van der Waals surface area (Å²) in [6, 6.07) is 19.3. The zero-order valence-corrected chi connectivity index (χ0v) is 17.0. The highest BCUT2D eigenvalue weighted by Gasteiger charge is 2.33. The molecule has 0 saturated carbocycles. The van der Waals surface area contributed by atoms with Gasteiger partial charge in [-0.1, -0.05) is 58.4 Å². The fourth-order valence-corrected chi connectivity index (χ4v) is 5.21. The molecule has 2 aromatic carbocycles. The Morgan fingerprint density at radius 3 is 2.80 bits per heavy atom. The second kappa shape index (κ2) is 7.52. The van der Waals surface area contributed by atoms with Gasteiger partial charge in [0.25, 0.3) is 0 Å². The van der Waals surface area contributed by atoms with E-state index in [1.807, 2.05) is 11.8 Å². The van der Waals surface area contributed by atoms with E-state index in [2.05, 4.69) is 80.7 Å². The molecule has 2 aliphatic heterocycles. The highest BCUT2D eigenvalue weighted by atomic mass is 79.9. The summed E-state index contributed by atoms with van der Waals surface area (Å²) in [5.74, 6) is 2.23. The minimum Gasteiger partial charge on any atom is -0.352 e. The minimum atomic E-state index is 0.180. The summed E-state index contributed by atoms with van der Waals surface area (Å²) in [5, 5.41) is 4.43. The van der Waals surface area contributed by atoms with E-state index in [1.165, 1.54) is 22.4 Å². The molecule has 1 N–H and O–H groups in total. The van der Waals surface area contributed by atoms with Gasteiger partial charge in [0.1, 0.15) is 0 Å². The molecule has 4 rings (SSSR count). The van der Waals surface area contributed by atoms with E-state index in [9.17, 15) is 0 Å². The van der Waals surface area contributed by atoms with E-state index in [-0.39, 0.29) is 6.04 Å². The quantitative estimate of drug-likeness (QED) is 0.666. The van der Waals surface area contributed by atoms with Crippen LogP contribution in [0.2, 0.25) is 0 Å². The maximum atomic E-state index is 5.77. The molecule has 2 heterocycles. The lowest BCUT2D eigenvalue weighted by molar-refractivity contribution is 0.435. The average Bonchev–Trinajstić information content (AvgIpc) is 2.64. The van der Waals surface area contributed by atoms with E-state index in [4.69, 9.17) is 12.2 Å². The average molecular weight is 431 g/mol. The maximum Gasteiger partial charge on any atom is 0.174 e. The third-order valence-electron chi connectivity index (χ3n) is 4.66. The first kappa shape index (κ1) is 17.1. The molecule has 0 aliphatic carbocycles. The lowest BCUT2D eigenvalue weighted by Crippen LogP contribution is -2.47. The fourth-order valence-electron chi connectivity index (χ4n) is 3.47. The third kappa shape index (κ3) is 3.64. The second-order valence-electron chi connectivity index (χ2n) is 6.28. The van der Waals surface area contributed by atoms with Crippen LogP contribution in [0.25, 0.3) is 0 Å². The van der Waals surface area contributed by atoms with Crippen LogP contribution in [0.15, 0.2) is 70.3 Å². The fraction of sp³-hybridized carbons (Fsp3) is 0.250. The van der Waals surface area contributed by atoms with Crippen molar-refractivity contribution in [1.82, 2.24) is 10.2 Å². The van der Waals surface area contributed by atoms with Gasteiger partial charge in [0.15, 0.2) is 5.11 Å². The van der Waals surface area contributed by atoms with Gasteiger partial charge < -0.3 is 10.2 Å². The number of rotatable bonds is 3. The molecule has 128 valence electrons. The maximum absolute atomic E-state index is 5.77. The summed E-state index contributed by atoms with van der Waals surface area (Å²) in [5.41, 5.74) is 5.44. The van der Waals surface area contributed by atoms with Crippen molar-refractivity contribution < 1.29 is 0 Å². The van der Waals surface area contributed by atoms with Crippen molar-refractivity contribution in [3.05, 3.63) is 81.5 Å². The first-order chi connectivity index (χ1) is 12.2. The molecule has 1 atom stereocenters. The number of nitrogens with one attached hydrogen (secondary N) is 1. The number of hydrogen-bond donors (Lipinski definition) is 1. The van der Waals surface area contributed by atoms with Gasteiger partial charge in [-0.15, -0.1) is 0 Å². The van der Waals surface area contributed by atoms with Crippen molar-refractivity contribution in [2.75, 3.05) is 11.5 Å². The molecular weight excluding hydrogens is 412 g/mol. The van der Waals surface area contributed by atoms with Crippen LogP contribution in [0, 0.1) is 0 Å². The second-order valence-corrected chi connectivity index (χ2v) is 8.69. The van der Waals surface area contributed by atoms with E-state index in [1.54, 1.807) is 0 Å². The Morgan fingerprint density at radius 2 is 2.00 bits per heavy atom. The normalized spacial score (nSPS) is 20.3. The molecule has 2 aliphatic rings. The highest BCUT2D eigenvalue weighted by Crippen LogP contribution is 2.38. The van der Waals surface area contributed by atoms with Crippen molar-refractivity contribution in [2.45, 2.75) is 19.0 Å². The van der Waals surface area contributed by atoms with Crippen molar-refractivity contribution in [3.63, 3.8) is 0 Å². The van der Waals surface area contributed by atoms with Crippen LogP contribution < -0.4 is 5.32 Å². The van der Waals surface area contributed by atoms with Gasteiger partial charge >= 0.3 is 0 Å². The van der Waals surface area contributed by atoms with Crippen molar-refractivity contribution in [3.8, 4) is 0 Å². The lowest BCUT2D eigenvalue weighted by Gasteiger charge is -2.41. The summed E-state index contributed by atoms with van der Waals surface area (Å²) in [6.45, 7) is 0.835. The van der Waals surface area contributed by atoms with Crippen molar-refractivity contribution >= 4 is 45.0 Å². The first-order valence-corrected chi connectivity index (χ1v) is 10.7. The Balaban J connectivity index is 1.71. The molecule has 0 fully saturated rings. The Morgan fingerprint density at radius 1 is 1.16 bits per heavy atom. The molecule has 2 aromatic rings. The summed E-state index contributed by atoms with van der Waals surface area (Å²) in [7, 11) is 0. The Labute approximate surface area is 166 Å². The number of allylic oxidation sites excluding steroid dienone is 1. The highest BCUT2D eigenvalue weighted by molar-refractivity contribution is 9.10. The number of benzene rings is 2. The molecule has 0 bridgehead atoms. The Bertz CT molecular complexity index is 819. The standard InChI is InChI=1S/C20H19BrN2S2/c21-16-8-4-7-15(11-16)19-17-13-25-10-9-18(17)23(20(24)22-19)12-14-5-2-1-3-6-14/h1-8,11,19H,9-10,12-13H2,(H,22,24)/t19-/m1/s1. The largest absolute Gasteiger partial charge is 0.352 e. The summed E-state index contributed by atoms with van der Waals surface area (Å²) in [4.78, 5) is 2.30. The van der Waals surface area contributed by atoms with Gasteiger partial charge in [0.2, 0.25) is 0 Å². The van der Waals surface area contributed by atoms with E-state index < -0.39 is 0 Å². The van der Waals surface area contributed by atoms with Gasteiger partial charge in [0, 0.05) is 22.5 Å². The topological polar surface area (TPSA) is 15.3 Å². The summed E-state index contributed by atoms with van der Waals surface area (Å²) in [6.07, 6.45) is 1.08. The predicted octanol–water partition coefficient (Wildman–Crippen LogP) is 5.27. The van der Waals surface area contributed by atoms with Gasteiger partial charge in [-0.25, -0.2) is 0 Å². The van der Waals surface area contributed by atoms with Crippen molar-refractivity contribution in [1.29, 1.82) is 0 Å². The van der Waals surface area contributed by atoms with Crippen LogP contribution in [0.1, 0.15) is 23.6 Å². The molecular formula is C20H19BrN2S2. The van der Waals surface area contributed by atoms with Crippen LogP contribution in [0.4, 0.5) is 0 Å². The molecule has 2 nitrogen and oxygen atoms in total. The number of nitrogens with zero attached hydrogens (tertiary/aromatic N) is 1. The van der Waals surface area contributed by atoms with E-state index in [0.717, 1.165) is 34.1 Å². The molecule has 0 spiro atoms. The van der Waals surface area contributed by atoms with Gasteiger partial charge in [-0.05, 0) is 53.2 Å². The molecule has 25 heavy (non-hydrogen) atoms. The van der Waals surface area contributed by atoms with Gasteiger partial charge in [-0.2, -0.15) is 11.8 Å². The van der Waals surface area contributed by atoms with Crippen LogP contribution >= 0.6 is 39.9 Å². The third-order valence-corrected chi connectivity index (χ3v) is 6.50. The number of thiocarbonyl (C=S) groups is 1. The zero-order valence-electron chi connectivity index (χ0n) is 13.7. The molecule has 0 saturated heterocycles. The first-order valence-electron chi connectivity index (χ1n) is 8.39. The van der Waals surface area contributed by atoms with Crippen molar-refractivity contribution in [2.24, 2.45) is 0 Å². The zero-order chi connectivity index (χ0) is 17.2. The summed E-state index contributed by atoms with van der Waals surface area (Å²) < 4.78 is 1.11.